The van der Waals surface area contributed by atoms with Crippen molar-refractivity contribution >= 4 is 32.4 Å². The second-order valence-electron chi connectivity index (χ2n) is 3.33. The molecular formula is C10H11N3O4S. The van der Waals surface area contributed by atoms with E-state index in [0.29, 0.717) is 21.1 Å². The number of nitrogens with one attached hydrogen (secondary N) is 1. The number of nitro benzene ring substituents is 1. The first-order valence-corrected chi connectivity index (χ1v) is 5.81. The van der Waals surface area contributed by atoms with Crippen LogP contribution in [0.2, 0.25) is 0 Å². The summed E-state index contributed by atoms with van der Waals surface area (Å²) < 4.78 is 10.6. The lowest BCUT2D eigenvalue weighted by molar-refractivity contribution is -0.383. The van der Waals surface area contributed by atoms with Crippen LogP contribution in [-0.4, -0.2) is 31.2 Å². The Morgan fingerprint density at radius 1 is 1.39 bits per heavy atom. The maximum Gasteiger partial charge on any atom is 0.330 e. The molecule has 2 rings (SSSR count). The van der Waals surface area contributed by atoms with Crippen molar-refractivity contribution in [2.75, 3.05) is 26.6 Å². The van der Waals surface area contributed by atoms with Crippen LogP contribution in [0.1, 0.15) is 0 Å². The Kier molecular flexibility index (Phi) is 3.19. The first-order chi connectivity index (χ1) is 8.62. The zero-order chi connectivity index (χ0) is 13.3. The van der Waals surface area contributed by atoms with Crippen LogP contribution in [0.3, 0.4) is 0 Å². The molecule has 0 bridgehead atoms. The van der Waals surface area contributed by atoms with Crippen LogP contribution in [-0.2, 0) is 0 Å². The normalized spacial score (nSPS) is 10.4. The van der Waals surface area contributed by atoms with Gasteiger partial charge in [0.05, 0.1) is 19.1 Å². The van der Waals surface area contributed by atoms with E-state index >= 15 is 0 Å². The Hall–Kier alpha value is -2.09. The average Bonchev–Trinajstić information content (AvgIpc) is 2.79. The first-order valence-electron chi connectivity index (χ1n) is 5.00. The molecule has 0 saturated carbocycles. The zero-order valence-corrected chi connectivity index (χ0v) is 10.8. The number of fused-ring (bicyclic) bond motifs is 1. The highest BCUT2D eigenvalue weighted by molar-refractivity contribution is 7.22. The Morgan fingerprint density at radius 2 is 2.06 bits per heavy atom. The number of nitro groups is 1. The number of ether oxygens (including phenoxy) is 2. The molecule has 1 N–H and O–H groups in total. The number of rotatable bonds is 4. The van der Waals surface area contributed by atoms with Crippen molar-refractivity contribution < 1.29 is 14.4 Å². The first kappa shape index (κ1) is 12.4. The van der Waals surface area contributed by atoms with Gasteiger partial charge in [-0.05, 0) is 0 Å². The second kappa shape index (κ2) is 4.65. The molecule has 0 radical (unpaired) electrons. The van der Waals surface area contributed by atoms with Crippen LogP contribution < -0.4 is 14.8 Å². The minimum Gasteiger partial charge on any atom is -0.494 e. The van der Waals surface area contributed by atoms with Gasteiger partial charge < -0.3 is 14.8 Å². The van der Waals surface area contributed by atoms with E-state index in [-0.39, 0.29) is 11.4 Å². The van der Waals surface area contributed by atoms with E-state index in [1.54, 1.807) is 7.05 Å². The summed E-state index contributed by atoms with van der Waals surface area (Å²) in [6.07, 6.45) is 0. The van der Waals surface area contributed by atoms with Gasteiger partial charge in [-0.15, -0.1) is 0 Å². The monoisotopic (exact) mass is 269 g/mol. The fourth-order valence-electron chi connectivity index (χ4n) is 1.61. The molecule has 0 spiro atoms. The van der Waals surface area contributed by atoms with Crippen molar-refractivity contribution in [2.24, 2.45) is 0 Å². The van der Waals surface area contributed by atoms with Crippen molar-refractivity contribution in [3.8, 4) is 11.5 Å². The molecule has 0 aliphatic heterocycles. The maximum atomic E-state index is 11.1. The molecule has 7 nitrogen and oxygen atoms in total. The second-order valence-corrected chi connectivity index (χ2v) is 4.33. The van der Waals surface area contributed by atoms with Gasteiger partial charge in [0, 0.05) is 13.1 Å². The van der Waals surface area contributed by atoms with Gasteiger partial charge >= 0.3 is 5.69 Å². The highest BCUT2D eigenvalue weighted by Gasteiger charge is 2.26. The van der Waals surface area contributed by atoms with E-state index in [1.165, 1.54) is 31.6 Å². The number of benzene rings is 1. The van der Waals surface area contributed by atoms with Crippen molar-refractivity contribution in [1.29, 1.82) is 0 Å². The Morgan fingerprint density at radius 3 is 2.56 bits per heavy atom. The number of hydrogen-bond acceptors (Lipinski definition) is 7. The summed E-state index contributed by atoms with van der Waals surface area (Å²) in [5.74, 6) is 0.612. The lowest BCUT2D eigenvalue weighted by Gasteiger charge is -2.05. The largest absolute Gasteiger partial charge is 0.494 e. The molecule has 1 aromatic carbocycles. The molecule has 1 heterocycles. The lowest BCUT2D eigenvalue weighted by atomic mass is 10.2. The number of thiazole rings is 1. The van der Waals surface area contributed by atoms with Crippen LogP contribution in [0.4, 0.5) is 10.8 Å². The third kappa shape index (κ3) is 1.80. The molecule has 8 heteroatoms. The van der Waals surface area contributed by atoms with E-state index in [0.717, 1.165) is 0 Å². The lowest BCUT2D eigenvalue weighted by Crippen LogP contribution is -1.96. The summed E-state index contributed by atoms with van der Waals surface area (Å²) >= 11 is 1.19. The molecular weight excluding hydrogens is 258 g/mol. The van der Waals surface area contributed by atoms with Crippen molar-refractivity contribution in [2.45, 2.75) is 0 Å². The number of methoxy groups -OCH3 is 2. The SMILES string of the molecule is CNc1nc2c(OC)cc(OC)c([N+](=O)[O-])c2s1. The summed E-state index contributed by atoms with van der Waals surface area (Å²) in [6, 6.07) is 1.47. The molecule has 0 unspecified atom stereocenters. The van der Waals surface area contributed by atoms with Crippen LogP contribution >= 0.6 is 11.3 Å². The van der Waals surface area contributed by atoms with Crippen LogP contribution in [0.25, 0.3) is 10.2 Å². The van der Waals surface area contributed by atoms with Gasteiger partial charge in [-0.25, -0.2) is 4.98 Å². The van der Waals surface area contributed by atoms with Gasteiger partial charge in [-0.2, -0.15) is 0 Å². The summed E-state index contributed by atoms with van der Waals surface area (Å²) in [5, 5.41) is 14.6. The van der Waals surface area contributed by atoms with Gasteiger partial charge in [0.1, 0.15) is 16.0 Å². The predicted octanol–water partition coefficient (Wildman–Crippen LogP) is 2.26. The van der Waals surface area contributed by atoms with Crippen LogP contribution in [0.15, 0.2) is 6.07 Å². The number of aromatic nitrogens is 1. The van der Waals surface area contributed by atoms with Gasteiger partial charge in [0.2, 0.25) is 5.75 Å². The van der Waals surface area contributed by atoms with E-state index in [9.17, 15) is 10.1 Å². The molecule has 96 valence electrons. The molecule has 0 atom stereocenters. The molecule has 1 aromatic heterocycles. The third-order valence-corrected chi connectivity index (χ3v) is 3.49. The highest BCUT2D eigenvalue weighted by Crippen LogP contribution is 2.44. The standard InChI is InChI=1S/C10H11N3O4S/c1-11-10-12-7-5(16-2)4-6(17-3)8(13(14)15)9(7)18-10/h4H,1-3H3,(H,11,12). The Bertz CT molecular complexity index is 611. The molecule has 0 aliphatic carbocycles. The van der Waals surface area contributed by atoms with Crippen LogP contribution in [0, 0.1) is 10.1 Å². The fraction of sp³-hybridized carbons (Fsp3) is 0.300. The molecule has 0 saturated heterocycles. The third-order valence-electron chi connectivity index (χ3n) is 2.41. The summed E-state index contributed by atoms with van der Waals surface area (Å²) in [5.41, 5.74) is 0.367. The van der Waals surface area contributed by atoms with E-state index in [1.807, 2.05) is 0 Å². The topological polar surface area (TPSA) is 86.5 Å². The number of hydrogen-bond donors (Lipinski definition) is 1. The quantitative estimate of drug-likeness (QED) is 0.676. The van der Waals surface area contributed by atoms with E-state index in [2.05, 4.69) is 10.3 Å². The van der Waals surface area contributed by atoms with Gasteiger partial charge in [0.15, 0.2) is 5.13 Å². The van der Waals surface area contributed by atoms with Crippen LogP contribution in [0.5, 0.6) is 11.5 Å². The smallest absolute Gasteiger partial charge is 0.330 e. The molecule has 2 aromatic rings. The Labute approximate surface area is 106 Å². The fourth-order valence-corrected chi connectivity index (χ4v) is 2.55. The highest BCUT2D eigenvalue weighted by atomic mass is 32.1. The number of anilines is 1. The van der Waals surface area contributed by atoms with Crippen molar-refractivity contribution in [3.63, 3.8) is 0 Å². The predicted molar refractivity (Wildman–Crippen MR) is 68.9 cm³/mol. The van der Waals surface area contributed by atoms with E-state index < -0.39 is 4.92 Å². The summed E-state index contributed by atoms with van der Waals surface area (Å²) in [7, 11) is 4.57. The molecule has 18 heavy (non-hydrogen) atoms. The Balaban J connectivity index is 2.86. The van der Waals surface area contributed by atoms with Crippen molar-refractivity contribution in [3.05, 3.63) is 16.2 Å². The molecule has 0 fully saturated rings. The van der Waals surface area contributed by atoms with Gasteiger partial charge in [-0.1, -0.05) is 11.3 Å². The van der Waals surface area contributed by atoms with Gasteiger partial charge in [0.25, 0.3) is 0 Å². The van der Waals surface area contributed by atoms with Crippen molar-refractivity contribution in [1.82, 2.24) is 4.98 Å². The average molecular weight is 269 g/mol. The van der Waals surface area contributed by atoms with E-state index in [4.69, 9.17) is 9.47 Å². The molecule has 0 amide bonds. The van der Waals surface area contributed by atoms with Gasteiger partial charge in [-0.3, -0.25) is 10.1 Å². The summed E-state index contributed by atoms with van der Waals surface area (Å²) in [6.45, 7) is 0. The number of nitrogens with zero attached hydrogens (tertiary/aromatic N) is 2. The minimum absolute atomic E-state index is 0.0905. The minimum atomic E-state index is -0.474. The summed E-state index contributed by atoms with van der Waals surface area (Å²) in [4.78, 5) is 14.9. The zero-order valence-electron chi connectivity index (χ0n) is 10.0. The maximum absolute atomic E-state index is 11.1. The molecule has 0 aliphatic rings.